The average molecular weight is 439 g/mol. The molecule has 29 heavy (non-hydrogen) atoms. The molecule has 1 aromatic carbocycles. The Morgan fingerprint density at radius 3 is 1.69 bits per heavy atom. The topological polar surface area (TPSA) is 74.3 Å². The van der Waals surface area contributed by atoms with Crippen molar-refractivity contribution in [3.8, 4) is 0 Å². The van der Waals surface area contributed by atoms with Gasteiger partial charge in [0.15, 0.2) is 4.98 Å². The second-order valence-corrected chi connectivity index (χ2v) is 8.44. The molecule has 11 heteroatoms. The van der Waals surface area contributed by atoms with Crippen LogP contribution in [0.4, 0.5) is 23.0 Å². The van der Waals surface area contributed by atoms with Gasteiger partial charge in [0.2, 0.25) is 15.4 Å². The maximum Gasteiger partial charge on any atom is 0.673 e. The van der Waals surface area contributed by atoms with Gasteiger partial charge < -0.3 is 17.3 Å². The minimum atomic E-state index is -6.00. The van der Waals surface area contributed by atoms with Gasteiger partial charge in [0.25, 0.3) is 0 Å². The van der Waals surface area contributed by atoms with Gasteiger partial charge in [0.1, 0.15) is 0 Å². The lowest BCUT2D eigenvalue weighted by Gasteiger charge is -2.06. The van der Waals surface area contributed by atoms with Crippen LogP contribution in [0.2, 0.25) is 0 Å². The summed E-state index contributed by atoms with van der Waals surface area (Å²) in [5.74, 6) is 0. The van der Waals surface area contributed by atoms with Crippen molar-refractivity contribution in [1.82, 2.24) is 4.72 Å². The molecule has 0 atom stereocenters. The number of nitrogens with one attached hydrogen (secondary N) is 1. The number of sulfonamides is 1. The van der Waals surface area contributed by atoms with E-state index >= 15 is 0 Å². The summed E-state index contributed by atoms with van der Waals surface area (Å²) < 4.78 is 65.8. The van der Waals surface area contributed by atoms with Gasteiger partial charge in [-0.1, -0.05) is 64.7 Å². The number of nitrogens with zero attached hydrogens (tertiary/aromatic N) is 2. The van der Waals surface area contributed by atoms with Crippen molar-refractivity contribution in [3.05, 3.63) is 29.2 Å². The summed E-state index contributed by atoms with van der Waals surface area (Å²) in [4.78, 5) is 3.21. The van der Waals surface area contributed by atoms with Crippen LogP contribution in [-0.4, -0.2) is 22.2 Å². The summed E-state index contributed by atoms with van der Waals surface area (Å²) in [6.45, 7) is 2.69. The average Bonchev–Trinajstić information content (AvgIpc) is 2.65. The van der Waals surface area contributed by atoms with Crippen LogP contribution in [-0.2, 0) is 10.0 Å². The Labute approximate surface area is 171 Å². The van der Waals surface area contributed by atoms with Gasteiger partial charge in [-0.25, -0.2) is 13.1 Å². The maximum absolute atomic E-state index is 12.1. The van der Waals surface area contributed by atoms with E-state index in [1.165, 1.54) is 75.6 Å². The largest absolute Gasteiger partial charge is 0.673 e. The van der Waals surface area contributed by atoms with Crippen LogP contribution < -0.4 is 4.72 Å². The SMILES string of the molecule is CCCCCCCCCCCCNS(=O)(=O)c1ccc([N+]#N)cc1.F[B-](F)(F)F. The zero-order valence-electron chi connectivity index (χ0n) is 16.8. The summed E-state index contributed by atoms with van der Waals surface area (Å²) in [6, 6.07) is 5.82. The highest BCUT2D eigenvalue weighted by Crippen LogP contribution is 2.16. The number of hydrogen-bond acceptors (Lipinski definition) is 3. The second kappa shape index (κ2) is 15.2. The molecule has 166 valence electrons. The highest BCUT2D eigenvalue weighted by Gasteiger charge is 2.20. The highest BCUT2D eigenvalue weighted by atomic mass is 32.2. The van der Waals surface area contributed by atoms with Gasteiger partial charge in [-0.2, -0.15) is 0 Å². The number of diazo groups is 1. The second-order valence-electron chi connectivity index (χ2n) is 6.67. The molecule has 0 heterocycles. The lowest BCUT2D eigenvalue weighted by atomic mass is 10.1. The van der Waals surface area contributed by atoms with Crippen LogP contribution in [0.1, 0.15) is 71.1 Å². The smallest absolute Gasteiger partial charge is 0.418 e. The van der Waals surface area contributed by atoms with E-state index in [1.54, 1.807) is 0 Å². The third-order valence-corrected chi connectivity index (χ3v) is 5.56. The van der Waals surface area contributed by atoms with E-state index in [0.29, 0.717) is 12.2 Å². The molecule has 0 aliphatic heterocycles. The zero-order valence-corrected chi connectivity index (χ0v) is 17.6. The third kappa shape index (κ3) is 16.9. The first-order valence-corrected chi connectivity index (χ1v) is 11.4. The molecule has 0 aromatic heterocycles. The maximum atomic E-state index is 12.1. The van der Waals surface area contributed by atoms with E-state index in [-0.39, 0.29) is 4.90 Å². The Bertz CT molecular complexity index is 687. The first-order chi connectivity index (χ1) is 13.6. The van der Waals surface area contributed by atoms with Gasteiger partial charge in [-0.15, -0.1) is 0 Å². The van der Waals surface area contributed by atoms with Gasteiger partial charge in [0, 0.05) is 18.7 Å². The van der Waals surface area contributed by atoms with Crippen LogP contribution in [0.15, 0.2) is 29.2 Å². The van der Waals surface area contributed by atoms with E-state index in [2.05, 4.69) is 16.6 Å². The number of hydrogen-bond donors (Lipinski definition) is 1. The molecule has 0 radical (unpaired) electrons. The Balaban J connectivity index is 0.00000139. The summed E-state index contributed by atoms with van der Waals surface area (Å²) in [6.07, 6.45) is 12.3. The molecule has 0 spiro atoms. The van der Waals surface area contributed by atoms with Crippen molar-refractivity contribution in [2.75, 3.05) is 6.54 Å². The summed E-state index contributed by atoms with van der Waals surface area (Å²) in [5.41, 5.74) is 0.337. The number of halogens is 4. The van der Waals surface area contributed by atoms with E-state index in [4.69, 9.17) is 5.39 Å². The molecule has 0 aliphatic carbocycles. The molecule has 1 rings (SSSR count). The molecule has 5 nitrogen and oxygen atoms in total. The van der Waals surface area contributed by atoms with Crippen LogP contribution in [0.3, 0.4) is 0 Å². The van der Waals surface area contributed by atoms with Gasteiger partial charge in [-0.3, -0.25) is 0 Å². The number of benzene rings is 1. The Hall–Kier alpha value is -1.67. The molecular weight excluding hydrogens is 409 g/mol. The molecule has 0 saturated heterocycles. The third-order valence-electron chi connectivity index (χ3n) is 4.08. The molecule has 0 amide bonds. The van der Waals surface area contributed by atoms with Crippen LogP contribution >= 0.6 is 0 Å². The van der Waals surface area contributed by atoms with Gasteiger partial charge in [-0.05, 0) is 18.6 Å². The fraction of sp³-hybridized carbons (Fsp3) is 0.667. The normalized spacial score (nSPS) is 11.4. The molecule has 0 saturated carbocycles. The first-order valence-electron chi connectivity index (χ1n) is 9.92. The lowest BCUT2D eigenvalue weighted by Crippen LogP contribution is -2.24. The van der Waals surface area contributed by atoms with E-state index in [9.17, 15) is 25.7 Å². The summed E-state index contributed by atoms with van der Waals surface area (Å²) >= 11 is 0. The van der Waals surface area contributed by atoms with Crippen LogP contribution in [0.25, 0.3) is 4.98 Å². The van der Waals surface area contributed by atoms with Crippen molar-refractivity contribution < 1.29 is 25.7 Å². The summed E-state index contributed by atoms with van der Waals surface area (Å²) in [5, 5.41) is 8.61. The molecule has 0 fully saturated rings. The number of unbranched alkanes of at least 4 members (excludes halogenated alkanes) is 9. The standard InChI is InChI=1S/C18H30N3O2S.BF4/c1-2-3-4-5-6-7-8-9-10-11-16-20-24(22,23)18-14-12-17(21-19)13-15-18;2-1(3,4)5/h12-15,20H,2-11,16H2,1H3;/q+1;-1. The molecule has 0 unspecified atom stereocenters. The number of rotatable bonds is 13. The lowest BCUT2D eigenvalue weighted by molar-refractivity contribution is 0.368. The summed E-state index contributed by atoms with van der Waals surface area (Å²) in [7, 11) is -9.47. The van der Waals surface area contributed by atoms with Crippen molar-refractivity contribution in [3.63, 3.8) is 0 Å². The van der Waals surface area contributed by atoms with Crippen molar-refractivity contribution in [2.45, 2.75) is 76.0 Å². The fourth-order valence-corrected chi connectivity index (χ4v) is 3.67. The Kier molecular flexibility index (Phi) is 14.3. The van der Waals surface area contributed by atoms with Gasteiger partial charge >= 0.3 is 12.9 Å². The predicted molar refractivity (Wildman–Crippen MR) is 108 cm³/mol. The van der Waals surface area contributed by atoms with E-state index < -0.39 is 17.3 Å². The van der Waals surface area contributed by atoms with Crippen LogP contribution in [0.5, 0.6) is 0 Å². The zero-order chi connectivity index (χ0) is 22.2. The van der Waals surface area contributed by atoms with Crippen molar-refractivity contribution in [1.29, 1.82) is 5.39 Å². The Morgan fingerprint density at radius 1 is 0.862 bits per heavy atom. The predicted octanol–water partition coefficient (Wildman–Crippen LogP) is 6.67. The molecule has 1 aromatic rings. The minimum Gasteiger partial charge on any atom is -0.418 e. The Morgan fingerprint density at radius 2 is 1.28 bits per heavy atom. The fourth-order valence-electron chi connectivity index (χ4n) is 2.59. The van der Waals surface area contributed by atoms with Crippen molar-refractivity contribution >= 4 is 23.0 Å². The molecule has 1 N–H and O–H groups in total. The van der Waals surface area contributed by atoms with E-state index in [1.807, 2.05) is 0 Å². The minimum absolute atomic E-state index is 0.196. The van der Waals surface area contributed by atoms with Crippen LogP contribution in [0, 0.1) is 5.39 Å². The first kappa shape index (κ1) is 27.3. The highest BCUT2D eigenvalue weighted by molar-refractivity contribution is 7.89. The monoisotopic (exact) mass is 439 g/mol. The van der Waals surface area contributed by atoms with Crippen molar-refractivity contribution in [2.24, 2.45) is 0 Å². The van der Waals surface area contributed by atoms with E-state index in [0.717, 1.165) is 12.8 Å². The molecule has 0 aliphatic rings. The van der Waals surface area contributed by atoms with Gasteiger partial charge in [0.05, 0.1) is 4.90 Å². The molecular formula is C18H30BF4N3O2S. The quantitative estimate of drug-likeness (QED) is 0.161. The molecule has 0 bridgehead atoms.